The number of hydrogen-bond acceptors (Lipinski definition) is 5. The first kappa shape index (κ1) is 20.6. The third-order valence-corrected chi connectivity index (χ3v) is 5.13. The quantitative estimate of drug-likeness (QED) is 0.673. The molecular weight excluding hydrogens is 368 g/mol. The Morgan fingerprint density at radius 3 is 2.07 bits per heavy atom. The monoisotopic (exact) mass is 390 g/mol. The number of amides is 1. The Balaban J connectivity index is 1.72. The molecule has 0 unspecified atom stereocenters. The fourth-order valence-electron chi connectivity index (χ4n) is 2.14. The van der Waals surface area contributed by atoms with Crippen LogP contribution in [0.3, 0.4) is 0 Å². The van der Waals surface area contributed by atoms with Gasteiger partial charge in [0.15, 0.2) is 6.61 Å². The van der Waals surface area contributed by atoms with E-state index in [-0.39, 0.29) is 17.9 Å². The lowest BCUT2D eigenvalue weighted by molar-refractivity contribution is -0.147. The fourth-order valence-corrected chi connectivity index (χ4v) is 3.17. The molecule has 0 bridgehead atoms. The second kappa shape index (κ2) is 9.29. The smallest absolute Gasteiger partial charge is 0.307 e. The molecule has 0 aliphatic rings. The van der Waals surface area contributed by atoms with Crippen LogP contribution in [0.4, 0.5) is 5.69 Å². The number of hydrogen-bond donors (Lipinski definition) is 2. The number of sulfonamides is 1. The van der Waals surface area contributed by atoms with Crippen LogP contribution in [-0.4, -0.2) is 33.4 Å². The summed E-state index contributed by atoms with van der Waals surface area (Å²) in [5, 5.41) is 2.60. The molecule has 144 valence electrons. The number of carbonyl (C=O) groups excluding carboxylic acids is 2. The van der Waals surface area contributed by atoms with Gasteiger partial charge in [-0.25, -0.2) is 13.1 Å². The number of rotatable bonds is 8. The minimum Gasteiger partial charge on any atom is -0.456 e. The molecule has 0 radical (unpaired) electrons. The lowest BCUT2D eigenvalue weighted by Crippen LogP contribution is -2.28. The molecule has 1 amide bonds. The number of ether oxygens (including phenoxy) is 1. The molecule has 8 heteroatoms. The molecule has 7 nitrogen and oxygen atoms in total. The van der Waals surface area contributed by atoms with E-state index in [2.05, 4.69) is 10.0 Å². The lowest BCUT2D eigenvalue weighted by atomic mass is 10.2. The van der Waals surface area contributed by atoms with Gasteiger partial charge in [0.2, 0.25) is 10.0 Å². The van der Waals surface area contributed by atoms with Gasteiger partial charge in [-0.2, -0.15) is 0 Å². The van der Waals surface area contributed by atoms with Gasteiger partial charge in [0.05, 0.1) is 11.3 Å². The van der Waals surface area contributed by atoms with E-state index in [9.17, 15) is 18.0 Å². The Kier molecular flexibility index (Phi) is 7.09. The first-order chi connectivity index (χ1) is 12.8. The zero-order chi connectivity index (χ0) is 19.9. The Bertz CT molecular complexity index is 891. The van der Waals surface area contributed by atoms with Crippen LogP contribution in [0.15, 0.2) is 53.4 Å². The fraction of sp³-hybridized carbons (Fsp3) is 0.263. The Labute approximate surface area is 158 Å². The van der Waals surface area contributed by atoms with Gasteiger partial charge in [0, 0.05) is 12.2 Å². The second-order valence-electron chi connectivity index (χ2n) is 6.04. The summed E-state index contributed by atoms with van der Waals surface area (Å²) in [5.74, 6) is -1.13. The van der Waals surface area contributed by atoms with Crippen molar-refractivity contribution in [1.29, 1.82) is 0 Å². The van der Waals surface area contributed by atoms with Gasteiger partial charge in [-0.15, -0.1) is 0 Å². The van der Waals surface area contributed by atoms with E-state index in [4.69, 9.17) is 4.74 Å². The molecule has 0 heterocycles. The van der Waals surface area contributed by atoms with Crippen LogP contribution in [-0.2, 0) is 24.3 Å². The number of aryl methyl sites for hydroxylation is 2. The molecule has 0 fully saturated rings. The van der Waals surface area contributed by atoms with Crippen LogP contribution in [0.1, 0.15) is 17.5 Å². The highest BCUT2D eigenvalue weighted by molar-refractivity contribution is 7.89. The van der Waals surface area contributed by atoms with Gasteiger partial charge < -0.3 is 10.1 Å². The van der Waals surface area contributed by atoms with Gasteiger partial charge in [-0.1, -0.05) is 35.4 Å². The average Bonchev–Trinajstić information content (AvgIpc) is 2.62. The summed E-state index contributed by atoms with van der Waals surface area (Å²) in [6, 6.07) is 13.6. The molecule has 0 aliphatic carbocycles. The van der Waals surface area contributed by atoms with Crippen LogP contribution in [0.5, 0.6) is 0 Å². The van der Waals surface area contributed by atoms with Crippen molar-refractivity contribution < 1.29 is 22.7 Å². The van der Waals surface area contributed by atoms with Crippen LogP contribution in [0.2, 0.25) is 0 Å². The molecule has 27 heavy (non-hydrogen) atoms. The Morgan fingerprint density at radius 1 is 0.926 bits per heavy atom. The predicted octanol–water partition coefficient (Wildman–Crippen LogP) is 2.15. The van der Waals surface area contributed by atoms with Crippen molar-refractivity contribution in [3.63, 3.8) is 0 Å². The van der Waals surface area contributed by atoms with E-state index in [1.165, 1.54) is 12.1 Å². The summed E-state index contributed by atoms with van der Waals surface area (Å²) in [4.78, 5) is 23.5. The van der Waals surface area contributed by atoms with E-state index in [1.54, 1.807) is 24.3 Å². The van der Waals surface area contributed by atoms with E-state index in [1.807, 2.05) is 26.0 Å². The third-order valence-electron chi connectivity index (χ3n) is 3.65. The van der Waals surface area contributed by atoms with Crippen LogP contribution < -0.4 is 10.0 Å². The molecule has 2 N–H and O–H groups in total. The highest BCUT2D eigenvalue weighted by atomic mass is 32.2. The summed E-state index contributed by atoms with van der Waals surface area (Å²) in [5.41, 5.74) is 2.61. The molecule has 0 aliphatic heterocycles. The molecule has 0 saturated carbocycles. The standard InChI is InChI=1S/C19H22N2O5S/c1-14-3-7-16(8-4-14)21-18(22)13-26-19(23)11-12-20-27(24,25)17-9-5-15(2)6-10-17/h3-10,20H,11-13H2,1-2H3,(H,21,22). The molecule has 0 aromatic heterocycles. The van der Waals surface area contributed by atoms with Gasteiger partial charge in [0.25, 0.3) is 5.91 Å². The van der Waals surface area contributed by atoms with E-state index in [0.717, 1.165) is 11.1 Å². The predicted molar refractivity (Wildman–Crippen MR) is 102 cm³/mol. The van der Waals surface area contributed by atoms with Crippen molar-refractivity contribution in [3.8, 4) is 0 Å². The van der Waals surface area contributed by atoms with Gasteiger partial charge in [-0.05, 0) is 38.1 Å². The SMILES string of the molecule is Cc1ccc(NC(=O)COC(=O)CCNS(=O)(=O)c2ccc(C)cc2)cc1. The van der Waals surface area contributed by atoms with Crippen LogP contribution in [0.25, 0.3) is 0 Å². The Morgan fingerprint density at radius 2 is 1.48 bits per heavy atom. The minimum atomic E-state index is -3.69. The Hall–Kier alpha value is -2.71. The summed E-state index contributed by atoms with van der Waals surface area (Å²) in [6.45, 7) is 3.24. The molecule has 2 aromatic carbocycles. The molecule has 2 aromatic rings. The first-order valence-electron chi connectivity index (χ1n) is 8.35. The van der Waals surface area contributed by atoms with Gasteiger partial charge in [0.1, 0.15) is 0 Å². The molecule has 0 saturated heterocycles. The van der Waals surface area contributed by atoms with Gasteiger partial charge >= 0.3 is 5.97 Å². The van der Waals surface area contributed by atoms with Gasteiger partial charge in [-0.3, -0.25) is 9.59 Å². The molecule has 2 rings (SSSR count). The highest BCUT2D eigenvalue weighted by Gasteiger charge is 2.14. The van der Waals surface area contributed by atoms with Crippen LogP contribution >= 0.6 is 0 Å². The maximum Gasteiger partial charge on any atom is 0.307 e. The summed E-state index contributed by atoms with van der Waals surface area (Å²) < 4.78 is 31.4. The number of nitrogens with one attached hydrogen (secondary N) is 2. The minimum absolute atomic E-state index is 0.116. The number of benzene rings is 2. The van der Waals surface area contributed by atoms with Crippen molar-refractivity contribution in [2.75, 3.05) is 18.5 Å². The van der Waals surface area contributed by atoms with Crippen LogP contribution in [0, 0.1) is 13.8 Å². The largest absolute Gasteiger partial charge is 0.456 e. The maximum absolute atomic E-state index is 12.1. The average molecular weight is 390 g/mol. The number of anilines is 1. The normalized spacial score (nSPS) is 11.0. The number of carbonyl (C=O) groups is 2. The second-order valence-corrected chi connectivity index (χ2v) is 7.80. The zero-order valence-electron chi connectivity index (χ0n) is 15.2. The lowest BCUT2D eigenvalue weighted by Gasteiger charge is -2.08. The van der Waals surface area contributed by atoms with Crippen molar-refractivity contribution in [2.45, 2.75) is 25.2 Å². The van der Waals surface area contributed by atoms with Crippen molar-refractivity contribution in [2.24, 2.45) is 0 Å². The third kappa shape index (κ3) is 6.84. The van der Waals surface area contributed by atoms with E-state index >= 15 is 0 Å². The molecule has 0 spiro atoms. The topological polar surface area (TPSA) is 102 Å². The van der Waals surface area contributed by atoms with E-state index < -0.39 is 28.5 Å². The van der Waals surface area contributed by atoms with Crippen molar-refractivity contribution in [3.05, 3.63) is 59.7 Å². The first-order valence-corrected chi connectivity index (χ1v) is 9.83. The van der Waals surface area contributed by atoms with Crippen molar-refractivity contribution in [1.82, 2.24) is 4.72 Å². The van der Waals surface area contributed by atoms with E-state index in [0.29, 0.717) is 5.69 Å². The summed E-state index contributed by atoms with van der Waals surface area (Å²) in [6.07, 6.45) is -0.178. The summed E-state index contributed by atoms with van der Waals surface area (Å²) in [7, 11) is -3.69. The van der Waals surface area contributed by atoms with Crippen molar-refractivity contribution >= 4 is 27.6 Å². The summed E-state index contributed by atoms with van der Waals surface area (Å²) >= 11 is 0. The highest BCUT2D eigenvalue weighted by Crippen LogP contribution is 2.10. The number of esters is 1. The zero-order valence-corrected chi connectivity index (χ0v) is 16.0. The molecular formula is C19H22N2O5S. The maximum atomic E-state index is 12.1. The molecule has 0 atom stereocenters.